The van der Waals surface area contributed by atoms with Crippen LogP contribution in [0.5, 0.6) is 17.2 Å². The number of methoxy groups -OCH3 is 2. The number of phenols is 1. The Hall–Kier alpha value is -1.91. The Morgan fingerprint density at radius 1 is 1.27 bits per heavy atom. The third kappa shape index (κ3) is 2.52. The number of aromatic hydroxyl groups is 1. The summed E-state index contributed by atoms with van der Waals surface area (Å²) < 4.78 is 10.0. The van der Waals surface area contributed by atoms with Crippen LogP contribution in [0.3, 0.4) is 0 Å². The SMILES string of the molecule is COc1cc(O)cc(OC)c1NC(C)=O. The summed E-state index contributed by atoms with van der Waals surface area (Å²) in [6.07, 6.45) is 0. The molecular formula is C10H13NO4. The summed E-state index contributed by atoms with van der Waals surface area (Å²) in [4.78, 5) is 10.9. The number of ether oxygens (including phenoxy) is 2. The van der Waals surface area contributed by atoms with Gasteiger partial charge in [-0.15, -0.1) is 0 Å². The molecule has 15 heavy (non-hydrogen) atoms. The number of anilines is 1. The van der Waals surface area contributed by atoms with Crippen molar-refractivity contribution < 1.29 is 19.4 Å². The molecule has 1 amide bonds. The minimum absolute atomic E-state index is 0.0119. The zero-order valence-electron chi connectivity index (χ0n) is 8.83. The maximum Gasteiger partial charge on any atom is 0.221 e. The van der Waals surface area contributed by atoms with E-state index in [9.17, 15) is 9.90 Å². The van der Waals surface area contributed by atoms with Gasteiger partial charge in [0.05, 0.1) is 14.2 Å². The summed E-state index contributed by atoms with van der Waals surface area (Å²) >= 11 is 0. The number of phenolic OH excluding ortho intramolecular Hbond substituents is 1. The third-order valence-corrected chi connectivity index (χ3v) is 1.79. The molecule has 0 heterocycles. The summed E-state index contributed by atoms with van der Waals surface area (Å²) in [6, 6.07) is 2.79. The van der Waals surface area contributed by atoms with Crippen molar-refractivity contribution in [2.24, 2.45) is 0 Å². The number of benzene rings is 1. The van der Waals surface area contributed by atoms with Crippen LogP contribution in [-0.4, -0.2) is 25.2 Å². The highest BCUT2D eigenvalue weighted by molar-refractivity contribution is 5.92. The molecule has 0 spiro atoms. The van der Waals surface area contributed by atoms with Crippen LogP contribution >= 0.6 is 0 Å². The van der Waals surface area contributed by atoms with Crippen LogP contribution < -0.4 is 14.8 Å². The van der Waals surface area contributed by atoms with Gasteiger partial charge in [-0.05, 0) is 0 Å². The summed E-state index contributed by atoms with van der Waals surface area (Å²) in [5, 5.41) is 11.9. The van der Waals surface area contributed by atoms with Gasteiger partial charge in [0.1, 0.15) is 22.9 Å². The molecule has 0 saturated heterocycles. The molecule has 1 aromatic carbocycles. The van der Waals surface area contributed by atoms with Crippen LogP contribution in [0.1, 0.15) is 6.92 Å². The van der Waals surface area contributed by atoms with Gasteiger partial charge in [0, 0.05) is 19.1 Å². The summed E-state index contributed by atoms with van der Waals surface area (Å²) in [5.74, 6) is 0.471. The first-order valence-electron chi connectivity index (χ1n) is 4.31. The first kappa shape index (κ1) is 11.2. The van der Waals surface area contributed by atoms with E-state index in [4.69, 9.17) is 9.47 Å². The van der Waals surface area contributed by atoms with Crippen molar-refractivity contribution in [1.29, 1.82) is 0 Å². The molecule has 0 aliphatic rings. The molecule has 0 aromatic heterocycles. The molecule has 5 heteroatoms. The standard InChI is InChI=1S/C10H13NO4/c1-6(12)11-10-8(14-2)4-7(13)5-9(10)15-3/h4-5,13H,1-3H3,(H,11,12). The maximum atomic E-state index is 10.9. The number of rotatable bonds is 3. The molecule has 0 unspecified atom stereocenters. The lowest BCUT2D eigenvalue weighted by atomic mass is 10.2. The van der Waals surface area contributed by atoms with E-state index in [1.807, 2.05) is 0 Å². The molecule has 82 valence electrons. The van der Waals surface area contributed by atoms with E-state index < -0.39 is 0 Å². The van der Waals surface area contributed by atoms with Gasteiger partial charge in [0.15, 0.2) is 0 Å². The van der Waals surface area contributed by atoms with Gasteiger partial charge in [-0.25, -0.2) is 0 Å². The Labute approximate surface area is 87.6 Å². The number of hydrogen-bond acceptors (Lipinski definition) is 4. The molecule has 0 saturated carbocycles. The van der Waals surface area contributed by atoms with E-state index in [1.165, 1.54) is 33.3 Å². The fourth-order valence-electron chi connectivity index (χ4n) is 1.20. The second-order valence-electron chi connectivity index (χ2n) is 2.91. The summed E-state index contributed by atoms with van der Waals surface area (Å²) in [6.45, 7) is 1.38. The fraction of sp³-hybridized carbons (Fsp3) is 0.300. The predicted octanol–water partition coefficient (Wildman–Crippen LogP) is 1.37. The van der Waals surface area contributed by atoms with Crippen molar-refractivity contribution in [1.82, 2.24) is 0 Å². The van der Waals surface area contributed by atoms with Crippen molar-refractivity contribution in [2.45, 2.75) is 6.92 Å². The highest BCUT2D eigenvalue weighted by Crippen LogP contribution is 2.38. The fourth-order valence-corrected chi connectivity index (χ4v) is 1.20. The Bertz CT molecular complexity index is 351. The predicted molar refractivity (Wildman–Crippen MR) is 55.5 cm³/mol. The van der Waals surface area contributed by atoms with E-state index in [0.717, 1.165) is 0 Å². The van der Waals surface area contributed by atoms with E-state index in [-0.39, 0.29) is 11.7 Å². The topological polar surface area (TPSA) is 67.8 Å². The summed E-state index contributed by atoms with van der Waals surface area (Å²) in [7, 11) is 2.89. The number of carbonyl (C=O) groups excluding carboxylic acids is 1. The number of carbonyl (C=O) groups is 1. The van der Waals surface area contributed by atoms with Crippen molar-refractivity contribution in [3.05, 3.63) is 12.1 Å². The minimum Gasteiger partial charge on any atom is -0.508 e. The van der Waals surface area contributed by atoms with Gasteiger partial charge < -0.3 is 19.9 Å². The average molecular weight is 211 g/mol. The van der Waals surface area contributed by atoms with Gasteiger partial charge in [0.25, 0.3) is 0 Å². The zero-order chi connectivity index (χ0) is 11.4. The molecule has 2 N–H and O–H groups in total. The maximum absolute atomic E-state index is 10.9. The molecule has 0 fully saturated rings. The molecule has 1 rings (SSSR count). The lowest BCUT2D eigenvalue weighted by Gasteiger charge is -2.13. The second-order valence-corrected chi connectivity index (χ2v) is 2.91. The van der Waals surface area contributed by atoms with Crippen LogP contribution in [0, 0.1) is 0 Å². The van der Waals surface area contributed by atoms with Crippen molar-refractivity contribution in [3.8, 4) is 17.2 Å². The molecule has 0 bridgehead atoms. The average Bonchev–Trinajstić information content (AvgIpc) is 2.19. The second kappa shape index (κ2) is 4.54. The molecule has 0 radical (unpaired) electrons. The molecule has 0 aliphatic carbocycles. The number of amides is 1. The van der Waals surface area contributed by atoms with Crippen LogP contribution in [-0.2, 0) is 4.79 Å². The lowest BCUT2D eigenvalue weighted by Crippen LogP contribution is -2.08. The minimum atomic E-state index is -0.239. The van der Waals surface area contributed by atoms with Crippen LogP contribution in [0.4, 0.5) is 5.69 Å². The van der Waals surface area contributed by atoms with Gasteiger partial charge in [-0.3, -0.25) is 4.79 Å². The smallest absolute Gasteiger partial charge is 0.221 e. The highest BCUT2D eigenvalue weighted by Gasteiger charge is 2.13. The normalized spacial score (nSPS) is 9.53. The largest absolute Gasteiger partial charge is 0.508 e. The molecule has 0 aliphatic heterocycles. The van der Waals surface area contributed by atoms with Gasteiger partial charge in [0.2, 0.25) is 5.91 Å². The van der Waals surface area contributed by atoms with E-state index in [1.54, 1.807) is 0 Å². The number of hydrogen-bond donors (Lipinski definition) is 2. The van der Waals surface area contributed by atoms with E-state index in [2.05, 4.69) is 5.32 Å². The Kier molecular flexibility index (Phi) is 3.38. The van der Waals surface area contributed by atoms with Crippen molar-refractivity contribution in [3.63, 3.8) is 0 Å². The Balaban J connectivity index is 3.23. The van der Waals surface area contributed by atoms with Gasteiger partial charge in [-0.1, -0.05) is 0 Å². The monoisotopic (exact) mass is 211 g/mol. The van der Waals surface area contributed by atoms with Crippen LogP contribution in [0.2, 0.25) is 0 Å². The van der Waals surface area contributed by atoms with Crippen molar-refractivity contribution in [2.75, 3.05) is 19.5 Å². The molecular weight excluding hydrogens is 198 g/mol. The number of nitrogens with one attached hydrogen (secondary N) is 1. The van der Waals surface area contributed by atoms with Gasteiger partial charge >= 0.3 is 0 Å². The first-order chi connectivity index (χ1) is 7.08. The Morgan fingerprint density at radius 3 is 2.07 bits per heavy atom. The first-order valence-corrected chi connectivity index (χ1v) is 4.31. The Morgan fingerprint density at radius 2 is 1.73 bits per heavy atom. The quantitative estimate of drug-likeness (QED) is 0.741. The van der Waals surface area contributed by atoms with E-state index >= 15 is 0 Å². The lowest BCUT2D eigenvalue weighted by molar-refractivity contribution is -0.114. The molecule has 1 aromatic rings. The van der Waals surface area contributed by atoms with Crippen LogP contribution in [0.15, 0.2) is 12.1 Å². The van der Waals surface area contributed by atoms with Crippen LogP contribution in [0.25, 0.3) is 0 Å². The van der Waals surface area contributed by atoms with E-state index in [0.29, 0.717) is 17.2 Å². The van der Waals surface area contributed by atoms with Crippen molar-refractivity contribution >= 4 is 11.6 Å². The zero-order valence-corrected chi connectivity index (χ0v) is 8.83. The third-order valence-electron chi connectivity index (χ3n) is 1.79. The molecule has 5 nitrogen and oxygen atoms in total. The summed E-state index contributed by atoms with van der Waals surface area (Å²) in [5.41, 5.74) is 0.408. The molecule has 0 atom stereocenters. The van der Waals surface area contributed by atoms with Gasteiger partial charge in [-0.2, -0.15) is 0 Å². The highest BCUT2D eigenvalue weighted by atomic mass is 16.5.